The van der Waals surface area contributed by atoms with Gasteiger partial charge in [0.25, 0.3) is 5.91 Å². The summed E-state index contributed by atoms with van der Waals surface area (Å²) in [4.78, 5) is 27.9. The van der Waals surface area contributed by atoms with Gasteiger partial charge in [0.05, 0.1) is 5.69 Å². The third-order valence-electron chi connectivity index (χ3n) is 4.46. The molecule has 1 saturated heterocycles. The molecule has 2 heterocycles. The van der Waals surface area contributed by atoms with Crippen molar-refractivity contribution in [3.63, 3.8) is 0 Å². The van der Waals surface area contributed by atoms with E-state index >= 15 is 0 Å². The molecule has 1 aliphatic rings. The second kappa shape index (κ2) is 7.79. The zero-order valence-corrected chi connectivity index (χ0v) is 15.0. The third kappa shape index (κ3) is 4.56. The first-order chi connectivity index (χ1) is 11.3. The van der Waals surface area contributed by atoms with Crippen LogP contribution in [0.4, 0.5) is 0 Å². The number of rotatable bonds is 6. The molecular formula is C17H28N4O3. The van der Waals surface area contributed by atoms with Crippen LogP contribution in [0.1, 0.15) is 42.9 Å². The van der Waals surface area contributed by atoms with E-state index in [2.05, 4.69) is 23.8 Å². The van der Waals surface area contributed by atoms with Crippen LogP contribution in [0.3, 0.4) is 0 Å². The third-order valence-corrected chi connectivity index (χ3v) is 4.46. The van der Waals surface area contributed by atoms with Crippen molar-refractivity contribution in [2.45, 2.75) is 39.2 Å². The van der Waals surface area contributed by atoms with E-state index in [-0.39, 0.29) is 18.5 Å². The number of hydrogen-bond acceptors (Lipinski definition) is 4. The van der Waals surface area contributed by atoms with Gasteiger partial charge < -0.3 is 14.9 Å². The Hall–Kier alpha value is -1.89. The second-order valence-corrected chi connectivity index (χ2v) is 7.10. The molecule has 1 N–H and O–H groups in total. The highest BCUT2D eigenvalue weighted by Gasteiger charge is 2.30. The number of carboxylic acid groups (broad SMARTS) is 1. The molecule has 7 nitrogen and oxygen atoms in total. The molecular weight excluding hydrogens is 308 g/mol. The highest BCUT2D eigenvalue weighted by Crippen LogP contribution is 2.19. The lowest BCUT2D eigenvalue weighted by molar-refractivity contribution is -0.138. The molecule has 1 fully saturated rings. The minimum Gasteiger partial charge on any atom is -0.480 e. The Kier molecular flexibility index (Phi) is 5.99. The first kappa shape index (κ1) is 18.4. The minimum absolute atomic E-state index is 0.0340. The van der Waals surface area contributed by atoms with Crippen molar-refractivity contribution in [3.05, 3.63) is 17.5 Å². The average Bonchev–Trinajstić information content (AvgIpc) is 2.84. The van der Waals surface area contributed by atoms with E-state index in [0.717, 1.165) is 38.0 Å². The smallest absolute Gasteiger partial charge is 0.323 e. The summed E-state index contributed by atoms with van der Waals surface area (Å²) in [5.41, 5.74) is 1.33. The van der Waals surface area contributed by atoms with E-state index < -0.39 is 5.97 Å². The predicted molar refractivity (Wildman–Crippen MR) is 90.9 cm³/mol. The highest BCUT2D eigenvalue weighted by atomic mass is 16.4. The first-order valence-corrected chi connectivity index (χ1v) is 8.52. The van der Waals surface area contributed by atoms with Crippen molar-refractivity contribution in [1.82, 2.24) is 19.6 Å². The number of carbonyl (C=O) groups is 2. The van der Waals surface area contributed by atoms with E-state index in [1.807, 2.05) is 7.05 Å². The number of amides is 1. The predicted octanol–water partition coefficient (Wildman–Crippen LogP) is 1.24. The zero-order chi connectivity index (χ0) is 17.9. The second-order valence-electron chi connectivity index (χ2n) is 7.10. The minimum atomic E-state index is -0.980. The monoisotopic (exact) mass is 336 g/mol. The summed E-state index contributed by atoms with van der Waals surface area (Å²) < 4.78 is 1.57. The summed E-state index contributed by atoms with van der Waals surface area (Å²) >= 11 is 0. The fraction of sp³-hybridized carbons (Fsp3) is 0.706. The van der Waals surface area contributed by atoms with E-state index in [9.17, 15) is 14.7 Å². The lowest BCUT2D eigenvalue weighted by Gasteiger charge is -2.36. The molecule has 0 atom stereocenters. The van der Waals surface area contributed by atoms with Crippen molar-refractivity contribution in [1.29, 1.82) is 0 Å². The van der Waals surface area contributed by atoms with Crippen LogP contribution in [-0.2, 0) is 18.3 Å². The molecule has 1 amide bonds. The van der Waals surface area contributed by atoms with Crippen molar-refractivity contribution in [2.24, 2.45) is 13.0 Å². The number of carboxylic acids is 1. The Morgan fingerprint density at radius 1 is 1.33 bits per heavy atom. The molecule has 0 spiro atoms. The van der Waals surface area contributed by atoms with Crippen LogP contribution in [0, 0.1) is 5.92 Å². The summed E-state index contributed by atoms with van der Waals surface area (Å²) in [5, 5.41) is 13.6. The molecule has 0 aromatic carbocycles. The van der Waals surface area contributed by atoms with Gasteiger partial charge in [0.2, 0.25) is 0 Å². The first-order valence-electron chi connectivity index (χ1n) is 8.52. The number of piperidine rings is 1. The van der Waals surface area contributed by atoms with Crippen LogP contribution in [0.2, 0.25) is 0 Å². The largest absolute Gasteiger partial charge is 0.480 e. The van der Waals surface area contributed by atoms with Gasteiger partial charge in [-0.1, -0.05) is 13.8 Å². The maximum Gasteiger partial charge on any atom is 0.323 e. The number of nitrogens with zero attached hydrogens (tertiary/aromatic N) is 4. The topological polar surface area (TPSA) is 78.7 Å². The number of hydrogen-bond donors (Lipinski definition) is 1. The molecule has 0 radical (unpaired) electrons. The SMILES string of the molecule is CC(C)Cc1cc(C(=O)N(CC(=O)O)C2CCN(C)CC2)n(C)n1. The molecule has 2 rings (SSSR count). The molecule has 1 aromatic rings. The van der Waals surface area contributed by atoms with Gasteiger partial charge in [-0.2, -0.15) is 5.10 Å². The number of aryl methyl sites for hydroxylation is 1. The van der Waals surface area contributed by atoms with E-state index in [4.69, 9.17) is 0 Å². The van der Waals surface area contributed by atoms with Crippen molar-refractivity contribution < 1.29 is 14.7 Å². The molecule has 1 aromatic heterocycles. The Labute approximate surface area is 143 Å². The van der Waals surface area contributed by atoms with Crippen molar-refractivity contribution in [3.8, 4) is 0 Å². The van der Waals surface area contributed by atoms with Crippen LogP contribution in [0.15, 0.2) is 6.07 Å². The quantitative estimate of drug-likeness (QED) is 0.845. The van der Waals surface area contributed by atoms with Crippen molar-refractivity contribution >= 4 is 11.9 Å². The Bertz CT molecular complexity index is 589. The lowest BCUT2D eigenvalue weighted by atomic mass is 10.0. The van der Waals surface area contributed by atoms with Gasteiger partial charge in [-0.25, -0.2) is 0 Å². The number of aromatic nitrogens is 2. The molecule has 7 heteroatoms. The van der Waals surface area contributed by atoms with Crippen LogP contribution in [0.25, 0.3) is 0 Å². The Balaban J connectivity index is 2.21. The number of likely N-dealkylation sites (tertiary alicyclic amines) is 1. The van der Waals surface area contributed by atoms with Gasteiger partial charge in [-0.15, -0.1) is 0 Å². The van der Waals surface area contributed by atoms with Gasteiger partial charge >= 0.3 is 5.97 Å². The molecule has 0 bridgehead atoms. The van der Waals surface area contributed by atoms with E-state index in [0.29, 0.717) is 11.6 Å². The fourth-order valence-corrected chi connectivity index (χ4v) is 3.21. The maximum atomic E-state index is 13.0. The van der Waals surface area contributed by atoms with Crippen LogP contribution < -0.4 is 0 Å². The summed E-state index contributed by atoms with van der Waals surface area (Å²) in [6.45, 7) is 5.69. The van der Waals surface area contributed by atoms with Crippen LogP contribution in [-0.4, -0.2) is 69.3 Å². The summed E-state index contributed by atoms with van der Waals surface area (Å²) in [6.07, 6.45) is 2.40. The van der Waals surface area contributed by atoms with Gasteiger partial charge in [-0.3, -0.25) is 14.3 Å². The Morgan fingerprint density at radius 3 is 2.50 bits per heavy atom. The van der Waals surface area contributed by atoms with Gasteiger partial charge in [0.15, 0.2) is 0 Å². The highest BCUT2D eigenvalue weighted by molar-refractivity contribution is 5.94. The van der Waals surface area contributed by atoms with Gasteiger partial charge in [0, 0.05) is 13.1 Å². The summed E-state index contributed by atoms with van der Waals surface area (Å²) in [6, 6.07) is 1.76. The molecule has 134 valence electrons. The van der Waals surface area contributed by atoms with E-state index in [1.54, 1.807) is 17.8 Å². The maximum absolute atomic E-state index is 13.0. The van der Waals surface area contributed by atoms with Gasteiger partial charge in [0.1, 0.15) is 12.2 Å². The van der Waals surface area contributed by atoms with Gasteiger partial charge in [-0.05, 0) is 51.4 Å². The average molecular weight is 336 g/mol. The summed E-state index contributed by atoms with van der Waals surface area (Å²) in [7, 11) is 3.78. The van der Waals surface area contributed by atoms with Crippen molar-refractivity contribution in [2.75, 3.05) is 26.7 Å². The molecule has 0 unspecified atom stereocenters. The molecule has 1 aliphatic heterocycles. The summed E-state index contributed by atoms with van der Waals surface area (Å²) in [5.74, 6) is -0.768. The standard InChI is InChI=1S/C17H28N4O3/c1-12(2)9-13-10-15(20(4)18-13)17(24)21(11-16(22)23)14-5-7-19(3)8-6-14/h10,12,14H,5-9,11H2,1-4H3,(H,22,23). The molecule has 24 heavy (non-hydrogen) atoms. The molecule has 0 saturated carbocycles. The lowest BCUT2D eigenvalue weighted by Crippen LogP contribution is -2.48. The van der Waals surface area contributed by atoms with Crippen LogP contribution >= 0.6 is 0 Å². The van der Waals surface area contributed by atoms with E-state index in [1.165, 1.54) is 4.90 Å². The number of aliphatic carboxylic acids is 1. The number of carbonyl (C=O) groups excluding carboxylic acids is 1. The zero-order valence-electron chi connectivity index (χ0n) is 15.0. The normalized spacial score (nSPS) is 16.5. The molecule has 0 aliphatic carbocycles. The van der Waals surface area contributed by atoms with Crippen LogP contribution in [0.5, 0.6) is 0 Å². The fourth-order valence-electron chi connectivity index (χ4n) is 3.21. The Morgan fingerprint density at radius 2 is 1.96 bits per heavy atom.